The number of hydrogen-bond donors (Lipinski definition) is 2. The van der Waals surface area contributed by atoms with E-state index in [9.17, 15) is 5.11 Å². The SMILES string of the molecule is CC(=O)O.CCC1CCCC(C)(C)C1CO. The van der Waals surface area contributed by atoms with E-state index in [0.29, 0.717) is 17.9 Å². The van der Waals surface area contributed by atoms with E-state index in [2.05, 4.69) is 20.8 Å². The van der Waals surface area contributed by atoms with E-state index in [1.54, 1.807) is 0 Å². The van der Waals surface area contributed by atoms with Gasteiger partial charge in [-0.2, -0.15) is 0 Å². The van der Waals surface area contributed by atoms with Crippen LogP contribution in [0.15, 0.2) is 0 Å². The molecule has 0 spiro atoms. The molecule has 3 nitrogen and oxygen atoms in total. The van der Waals surface area contributed by atoms with Crippen LogP contribution in [0, 0.1) is 17.3 Å². The number of rotatable bonds is 2. The molecule has 0 amide bonds. The molecule has 0 aliphatic heterocycles. The Morgan fingerprint density at radius 1 is 1.44 bits per heavy atom. The molecular formula is C13H26O3. The fourth-order valence-corrected chi connectivity index (χ4v) is 2.73. The number of aliphatic carboxylic acids is 1. The lowest BCUT2D eigenvalue weighted by atomic mass is 9.63. The highest BCUT2D eigenvalue weighted by Gasteiger charge is 2.37. The zero-order valence-electron chi connectivity index (χ0n) is 11.0. The topological polar surface area (TPSA) is 57.5 Å². The van der Waals surface area contributed by atoms with Crippen molar-refractivity contribution in [2.75, 3.05) is 6.61 Å². The van der Waals surface area contributed by atoms with Gasteiger partial charge in [0.05, 0.1) is 0 Å². The maximum Gasteiger partial charge on any atom is 0.300 e. The zero-order valence-corrected chi connectivity index (χ0v) is 11.0. The van der Waals surface area contributed by atoms with Gasteiger partial charge in [0.15, 0.2) is 0 Å². The molecule has 1 rings (SSSR count). The smallest absolute Gasteiger partial charge is 0.300 e. The van der Waals surface area contributed by atoms with Gasteiger partial charge < -0.3 is 10.2 Å². The maximum absolute atomic E-state index is 9.33. The van der Waals surface area contributed by atoms with Crippen molar-refractivity contribution in [2.45, 2.75) is 53.4 Å². The highest BCUT2D eigenvalue weighted by atomic mass is 16.4. The summed E-state index contributed by atoms with van der Waals surface area (Å²) in [7, 11) is 0. The highest BCUT2D eigenvalue weighted by molar-refractivity contribution is 5.62. The monoisotopic (exact) mass is 230 g/mol. The van der Waals surface area contributed by atoms with Crippen LogP contribution in [0.5, 0.6) is 0 Å². The molecule has 1 aliphatic rings. The number of hydrogen-bond acceptors (Lipinski definition) is 2. The van der Waals surface area contributed by atoms with Crippen LogP contribution in [-0.2, 0) is 4.79 Å². The van der Waals surface area contributed by atoms with Gasteiger partial charge in [0.2, 0.25) is 0 Å². The number of aliphatic hydroxyl groups excluding tert-OH is 1. The van der Waals surface area contributed by atoms with Crippen LogP contribution in [0.1, 0.15) is 53.4 Å². The second kappa shape index (κ2) is 6.89. The van der Waals surface area contributed by atoms with Gasteiger partial charge >= 0.3 is 0 Å². The van der Waals surface area contributed by atoms with Crippen LogP contribution in [-0.4, -0.2) is 22.8 Å². The van der Waals surface area contributed by atoms with Crippen LogP contribution in [0.3, 0.4) is 0 Å². The quantitative estimate of drug-likeness (QED) is 0.767. The molecule has 0 aromatic heterocycles. The second-order valence-corrected chi connectivity index (χ2v) is 5.36. The van der Waals surface area contributed by atoms with Crippen molar-refractivity contribution in [1.29, 1.82) is 0 Å². The molecule has 0 saturated heterocycles. The van der Waals surface area contributed by atoms with Crippen LogP contribution in [0.4, 0.5) is 0 Å². The summed E-state index contributed by atoms with van der Waals surface area (Å²) in [4.78, 5) is 9.00. The first-order valence-corrected chi connectivity index (χ1v) is 6.15. The molecule has 2 atom stereocenters. The summed E-state index contributed by atoms with van der Waals surface area (Å²) < 4.78 is 0. The first-order valence-electron chi connectivity index (χ1n) is 6.15. The molecule has 0 aromatic rings. The molecule has 16 heavy (non-hydrogen) atoms. The minimum Gasteiger partial charge on any atom is -0.481 e. The molecule has 1 saturated carbocycles. The molecule has 0 bridgehead atoms. The van der Waals surface area contributed by atoms with E-state index in [-0.39, 0.29) is 0 Å². The van der Waals surface area contributed by atoms with Gasteiger partial charge in [-0.25, -0.2) is 0 Å². The van der Waals surface area contributed by atoms with Gasteiger partial charge in [0, 0.05) is 13.5 Å². The van der Waals surface area contributed by atoms with Crippen molar-refractivity contribution in [3.05, 3.63) is 0 Å². The largest absolute Gasteiger partial charge is 0.481 e. The van der Waals surface area contributed by atoms with Crippen molar-refractivity contribution >= 4 is 5.97 Å². The summed E-state index contributed by atoms with van der Waals surface area (Å²) in [6.07, 6.45) is 5.19. The van der Waals surface area contributed by atoms with Gasteiger partial charge in [-0.05, 0) is 23.7 Å². The summed E-state index contributed by atoms with van der Waals surface area (Å²) in [5.74, 6) is 0.468. The van der Waals surface area contributed by atoms with E-state index in [0.717, 1.165) is 12.8 Å². The Kier molecular flexibility index (Phi) is 6.65. The predicted molar refractivity (Wildman–Crippen MR) is 65.3 cm³/mol. The highest BCUT2D eigenvalue weighted by Crippen LogP contribution is 2.44. The lowest BCUT2D eigenvalue weighted by molar-refractivity contribution is -0.134. The van der Waals surface area contributed by atoms with Crippen LogP contribution < -0.4 is 0 Å². The lowest BCUT2D eigenvalue weighted by Crippen LogP contribution is -2.37. The van der Waals surface area contributed by atoms with Crippen LogP contribution in [0.25, 0.3) is 0 Å². The molecule has 0 aromatic carbocycles. The summed E-state index contributed by atoms with van der Waals surface area (Å²) >= 11 is 0. The van der Waals surface area contributed by atoms with E-state index in [1.165, 1.54) is 25.7 Å². The van der Waals surface area contributed by atoms with Gasteiger partial charge in [-0.1, -0.05) is 40.0 Å². The minimum absolute atomic E-state index is 0.369. The first kappa shape index (κ1) is 15.4. The fourth-order valence-electron chi connectivity index (χ4n) is 2.73. The Bertz CT molecular complexity index is 207. The Balaban J connectivity index is 0.000000487. The molecule has 96 valence electrons. The standard InChI is InChI=1S/C11H22O.C2H4O2/c1-4-9-6-5-7-11(2,3)10(9)8-12;1-2(3)4/h9-10,12H,4-8H2,1-3H3;1H3,(H,3,4). The summed E-state index contributed by atoms with van der Waals surface area (Å²) in [6, 6.07) is 0. The summed E-state index contributed by atoms with van der Waals surface area (Å²) in [5.41, 5.74) is 0.369. The molecule has 3 heteroatoms. The van der Waals surface area contributed by atoms with Crippen molar-refractivity contribution in [3.63, 3.8) is 0 Å². The zero-order chi connectivity index (χ0) is 12.8. The molecular weight excluding hydrogens is 204 g/mol. The number of carbonyl (C=O) groups is 1. The van der Waals surface area contributed by atoms with E-state index < -0.39 is 5.97 Å². The van der Waals surface area contributed by atoms with Crippen molar-refractivity contribution < 1.29 is 15.0 Å². The van der Waals surface area contributed by atoms with Gasteiger partial charge in [0.1, 0.15) is 0 Å². The first-order chi connectivity index (χ1) is 7.35. The van der Waals surface area contributed by atoms with Crippen molar-refractivity contribution in [2.24, 2.45) is 17.3 Å². The third-order valence-electron chi connectivity index (χ3n) is 3.69. The molecule has 1 fully saturated rings. The third kappa shape index (κ3) is 4.97. The average Bonchev–Trinajstić information content (AvgIpc) is 2.15. The maximum atomic E-state index is 9.33. The van der Waals surface area contributed by atoms with Gasteiger partial charge in [-0.3, -0.25) is 4.79 Å². The van der Waals surface area contributed by atoms with Gasteiger partial charge in [0.25, 0.3) is 5.97 Å². The normalized spacial score (nSPS) is 27.8. The molecule has 2 N–H and O–H groups in total. The van der Waals surface area contributed by atoms with Crippen LogP contribution >= 0.6 is 0 Å². The van der Waals surface area contributed by atoms with E-state index in [4.69, 9.17) is 9.90 Å². The number of aliphatic hydroxyl groups is 1. The molecule has 2 unspecified atom stereocenters. The fraction of sp³-hybridized carbons (Fsp3) is 0.923. The molecule has 0 heterocycles. The lowest BCUT2D eigenvalue weighted by Gasteiger charge is -2.43. The average molecular weight is 230 g/mol. The van der Waals surface area contributed by atoms with E-state index >= 15 is 0 Å². The predicted octanol–water partition coefficient (Wildman–Crippen LogP) is 2.92. The Hall–Kier alpha value is -0.570. The second-order valence-electron chi connectivity index (χ2n) is 5.36. The Morgan fingerprint density at radius 3 is 2.25 bits per heavy atom. The number of carboxylic acid groups (broad SMARTS) is 1. The Morgan fingerprint density at radius 2 is 1.94 bits per heavy atom. The Labute approximate surface area is 98.9 Å². The van der Waals surface area contributed by atoms with Gasteiger partial charge in [-0.15, -0.1) is 0 Å². The molecule has 1 aliphatic carbocycles. The van der Waals surface area contributed by atoms with Crippen molar-refractivity contribution in [3.8, 4) is 0 Å². The minimum atomic E-state index is -0.833. The molecule has 0 radical (unpaired) electrons. The summed E-state index contributed by atoms with van der Waals surface area (Å²) in [5, 5.41) is 16.7. The number of carboxylic acids is 1. The third-order valence-corrected chi connectivity index (χ3v) is 3.69. The van der Waals surface area contributed by atoms with E-state index in [1.807, 2.05) is 0 Å². The van der Waals surface area contributed by atoms with Crippen molar-refractivity contribution in [1.82, 2.24) is 0 Å². The summed E-state index contributed by atoms with van der Waals surface area (Å²) in [6.45, 7) is 8.31. The van der Waals surface area contributed by atoms with Crippen LogP contribution in [0.2, 0.25) is 0 Å².